The molecule has 0 atom stereocenters. The molecule has 1 amide bonds. The van der Waals surface area contributed by atoms with E-state index in [9.17, 15) is 4.79 Å². The Bertz CT molecular complexity index is 753. The molecule has 24 heavy (non-hydrogen) atoms. The number of nitriles is 1. The van der Waals surface area contributed by atoms with E-state index in [-0.39, 0.29) is 11.9 Å². The minimum atomic E-state index is -0.0899. The molecule has 124 valence electrons. The second-order valence-electron chi connectivity index (χ2n) is 5.61. The summed E-state index contributed by atoms with van der Waals surface area (Å²) in [5, 5.41) is 13.1. The summed E-state index contributed by atoms with van der Waals surface area (Å²) >= 11 is 12.4. The Morgan fingerprint density at radius 1 is 1.29 bits per heavy atom. The number of nitrogens with one attached hydrogen (secondary N) is 1. The van der Waals surface area contributed by atoms with Crippen LogP contribution in [0, 0.1) is 11.3 Å². The van der Waals surface area contributed by atoms with E-state index in [0.717, 1.165) is 12.8 Å². The van der Waals surface area contributed by atoms with Crippen LogP contribution in [-0.4, -0.2) is 29.9 Å². The van der Waals surface area contributed by atoms with Gasteiger partial charge in [-0.15, -0.1) is 0 Å². The molecule has 1 aliphatic heterocycles. The highest BCUT2D eigenvalue weighted by atomic mass is 35.5. The van der Waals surface area contributed by atoms with Gasteiger partial charge in [0, 0.05) is 19.1 Å². The Morgan fingerprint density at radius 2 is 1.96 bits per heavy atom. The van der Waals surface area contributed by atoms with Gasteiger partial charge in [0.2, 0.25) is 0 Å². The summed E-state index contributed by atoms with van der Waals surface area (Å²) in [6, 6.07) is 8.73. The lowest BCUT2D eigenvalue weighted by Crippen LogP contribution is -2.42. The zero-order valence-electron chi connectivity index (χ0n) is 12.8. The number of anilines is 1. The topological polar surface area (TPSA) is 69.3 Å². The first-order valence-electron chi connectivity index (χ1n) is 7.57. The lowest BCUT2D eigenvalue weighted by atomic mass is 10.0. The molecule has 1 saturated heterocycles. The molecule has 7 heteroatoms. The number of furan rings is 1. The molecule has 0 bridgehead atoms. The van der Waals surface area contributed by atoms with Crippen molar-refractivity contribution in [1.29, 1.82) is 5.26 Å². The third kappa shape index (κ3) is 3.50. The maximum atomic E-state index is 12.2. The molecule has 0 unspecified atom stereocenters. The van der Waals surface area contributed by atoms with Crippen molar-refractivity contribution >= 4 is 34.8 Å². The third-order valence-electron chi connectivity index (χ3n) is 4.03. The van der Waals surface area contributed by atoms with E-state index in [1.807, 2.05) is 6.07 Å². The lowest BCUT2D eigenvalue weighted by Gasteiger charge is -2.32. The van der Waals surface area contributed by atoms with Crippen LogP contribution < -0.4 is 5.32 Å². The van der Waals surface area contributed by atoms with E-state index < -0.39 is 0 Å². The fraction of sp³-hybridized carbons (Fsp3) is 0.294. The number of carbonyl (C=O) groups is 1. The number of likely N-dealkylation sites (tertiary alicyclic amines) is 1. The Labute approximate surface area is 149 Å². The van der Waals surface area contributed by atoms with Crippen LogP contribution in [0.25, 0.3) is 0 Å². The first-order chi connectivity index (χ1) is 11.6. The van der Waals surface area contributed by atoms with Crippen molar-refractivity contribution < 1.29 is 9.21 Å². The van der Waals surface area contributed by atoms with Crippen LogP contribution in [0.3, 0.4) is 0 Å². The Kier molecular flexibility index (Phi) is 4.98. The molecule has 2 aromatic rings. The largest absolute Gasteiger partial charge is 0.459 e. The minimum Gasteiger partial charge on any atom is -0.459 e. The normalized spacial score (nSPS) is 15.1. The minimum absolute atomic E-state index is 0.0899. The van der Waals surface area contributed by atoms with Gasteiger partial charge in [0.15, 0.2) is 5.76 Å². The number of hydrogen-bond donors (Lipinski definition) is 1. The van der Waals surface area contributed by atoms with Gasteiger partial charge in [-0.1, -0.05) is 23.2 Å². The maximum absolute atomic E-state index is 12.2. The fourth-order valence-corrected chi connectivity index (χ4v) is 3.36. The molecule has 1 aromatic heterocycles. The molecule has 1 aliphatic rings. The van der Waals surface area contributed by atoms with Gasteiger partial charge >= 0.3 is 0 Å². The second kappa shape index (κ2) is 7.16. The number of carbonyl (C=O) groups excluding carboxylic acids is 1. The zero-order valence-corrected chi connectivity index (χ0v) is 14.3. The van der Waals surface area contributed by atoms with Gasteiger partial charge in [0.25, 0.3) is 5.91 Å². The standard InChI is InChI=1S/C17H15Cl2N3O2/c18-13-8-11(10-20)9-14(19)16(13)21-12-3-5-22(6-4-12)17(23)15-2-1-7-24-15/h1-2,7-9,12,21H,3-6H2. The van der Waals surface area contributed by atoms with Crippen LogP contribution in [0.4, 0.5) is 5.69 Å². The van der Waals surface area contributed by atoms with Crippen LogP contribution in [0.1, 0.15) is 29.0 Å². The van der Waals surface area contributed by atoms with Crippen LogP contribution in [0.2, 0.25) is 10.0 Å². The predicted octanol–water partition coefficient (Wildman–Crippen LogP) is 4.17. The monoisotopic (exact) mass is 363 g/mol. The number of halogens is 2. The summed E-state index contributed by atoms with van der Waals surface area (Å²) in [6.45, 7) is 1.26. The fourth-order valence-electron chi connectivity index (χ4n) is 2.76. The molecule has 3 rings (SSSR count). The molecular formula is C17H15Cl2N3O2. The molecule has 0 saturated carbocycles. The van der Waals surface area contributed by atoms with E-state index in [2.05, 4.69) is 5.32 Å². The summed E-state index contributed by atoms with van der Waals surface area (Å²) in [4.78, 5) is 14.0. The number of rotatable bonds is 3. The molecular weight excluding hydrogens is 349 g/mol. The average Bonchev–Trinajstić information content (AvgIpc) is 3.12. The first kappa shape index (κ1) is 16.7. The number of benzene rings is 1. The van der Waals surface area contributed by atoms with Crippen molar-refractivity contribution in [2.24, 2.45) is 0 Å². The number of nitrogens with zero attached hydrogens (tertiary/aromatic N) is 2. The molecule has 0 aliphatic carbocycles. The molecule has 0 radical (unpaired) electrons. The quantitative estimate of drug-likeness (QED) is 0.887. The number of amides is 1. The van der Waals surface area contributed by atoms with Gasteiger partial charge < -0.3 is 14.6 Å². The van der Waals surface area contributed by atoms with Gasteiger partial charge in [0.1, 0.15) is 0 Å². The summed E-state index contributed by atoms with van der Waals surface area (Å²) in [7, 11) is 0. The molecule has 2 heterocycles. The van der Waals surface area contributed by atoms with Crippen molar-refractivity contribution in [2.45, 2.75) is 18.9 Å². The first-order valence-corrected chi connectivity index (χ1v) is 8.32. The molecule has 0 spiro atoms. The zero-order chi connectivity index (χ0) is 17.1. The highest BCUT2D eigenvalue weighted by molar-refractivity contribution is 6.39. The van der Waals surface area contributed by atoms with Gasteiger partial charge in [-0.05, 0) is 37.1 Å². The Morgan fingerprint density at radius 3 is 2.50 bits per heavy atom. The molecule has 1 aromatic carbocycles. The highest BCUT2D eigenvalue weighted by Crippen LogP contribution is 2.33. The molecule has 1 fully saturated rings. The second-order valence-corrected chi connectivity index (χ2v) is 6.43. The van der Waals surface area contributed by atoms with Crippen molar-refractivity contribution in [1.82, 2.24) is 4.90 Å². The molecule has 5 nitrogen and oxygen atoms in total. The van der Waals surface area contributed by atoms with E-state index in [1.54, 1.807) is 29.2 Å². The smallest absolute Gasteiger partial charge is 0.289 e. The van der Waals surface area contributed by atoms with Gasteiger partial charge in [0.05, 0.1) is 33.6 Å². The van der Waals surface area contributed by atoms with Crippen molar-refractivity contribution in [3.05, 3.63) is 51.9 Å². The maximum Gasteiger partial charge on any atom is 0.289 e. The number of hydrogen-bond acceptors (Lipinski definition) is 4. The Balaban J connectivity index is 1.62. The molecule has 1 N–H and O–H groups in total. The van der Waals surface area contributed by atoms with E-state index in [4.69, 9.17) is 32.9 Å². The third-order valence-corrected chi connectivity index (χ3v) is 4.63. The van der Waals surface area contributed by atoms with E-state index >= 15 is 0 Å². The summed E-state index contributed by atoms with van der Waals surface area (Å²) in [6.07, 6.45) is 3.05. The van der Waals surface area contributed by atoms with Crippen LogP contribution in [0.15, 0.2) is 34.9 Å². The van der Waals surface area contributed by atoms with Crippen molar-refractivity contribution in [2.75, 3.05) is 18.4 Å². The van der Waals surface area contributed by atoms with Gasteiger partial charge in [-0.25, -0.2) is 0 Å². The van der Waals surface area contributed by atoms with Crippen LogP contribution in [-0.2, 0) is 0 Å². The SMILES string of the molecule is N#Cc1cc(Cl)c(NC2CCN(C(=O)c3ccco3)CC2)c(Cl)c1. The summed E-state index contributed by atoms with van der Waals surface area (Å²) in [5.74, 6) is 0.271. The Hall–Kier alpha value is -2.16. The highest BCUT2D eigenvalue weighted by Gasteiger charge is 2.25. The van der Waals surface area contributed by atoms with Crippen LogP contribution >= 0.6 is 23.2 Å². The summed E-state index contributed by atoms with van der Waals surface area (Å²) in [5.41, 5.74) is 1.06. The van der Waals surface area contributed by atoms with Gasteiger partial charge in [-0.3, -0.25) is 4.79 Å². The average molecular weight is 364 g/mol. The summed E-state index contributed by atoms with van der Waals surface area (Å²) < 4.78 is 5.16. The van der Waals surface area contributed by atoms with Crippen LogP contribution in [0.5, 0.6) is 0 Å². The number of piperidine rings is 1. The van der Waals surface area contributed by atoms with E-state index in [1.165, 1.54) is 6.26 Å². The van der Waals surface area contributed by atoms with E-state index in [0.29, 0.717) is 40.1 Å². The lowest BCUT2D eigenvalue weighted by molar-refractivity contribution is 0.0686. The predicted molar refractivity (Wildman–Crippen MR) is 92.4 cm³/mol. The van der Waals surface area contributed by atoms with Gasteiger partial charge in [-0.2, -0.15) is 5.26 Å². The van der Waals surface area contributed by atoms with Crippen molar-refractivity contribution in [3.8, 4) is 6.07 Å². The van der Waals surface area contributed by atoms with Crippen molar-refractivity contribution in [3.63, 3.8) is 0 Å².